The van der Waals surface area contributed by atoms with Crippen molar-refractivity contribution in [1.29, 1.82) is 0 Å². The third-order valence-electron chi connectivity index (χ3n) is 6.57. The van der Waals surface area contributed by atoms with E-state index < -0.39 is 38.1 Å². The van der Waals surface area contributed by atoms with E-state index in [2.05, 4.69) is 4.72 Å². The number of carbonyl (C=O) groups is 1. The molecule has 3 aromatic rings. The van der Waals surface area contributed by atoms with Gasteiger partial charge in [0.05, 0.1) is 29.7 Å². The van der Waals surface area contributed by atoms with Crippen LogP contribution in [0.3, 0.4) is 0 Å². The van der Waals surface area contributed by atoms with Crippen LogP contribution in [0.1, 0.15) is 24.2 Å². The highest BCUT2D eigenvalue weighted by Crippen LogP contribution is 2.32. The predicted octanol–water partition coefficient (Wildman–Crippen LogP) is 3.09. The molecule has 2 N–H and O–H groups in total. The molecule has 3 atom stereocenters. The van der Waals surface area contributed by atoms with E-state index in [0.717, 1.165) is 11.3 Å². The zero-order valence-electron chi connectivity index (χ0n) is 21.7. The summed E-state index contributed by atoms with van der Waals surface area (Å²) in [5.41, 5.74) is 0.262. The van der Waals surface area contributed by atoms with Crippen LogP contribution in [0.5, 0.6) is 5.75 Å². The van der Waals surface area contributed by atoms with Gasteiger partial charge in [-0.25, -0.2) is 16.8 Å². The van der Waals surface area contributed by atoms with Crippen molar-refractivity contribution in [3.8, 4) is 5.75 Å². The summed E-state index contributed by atoms with van der Waals surface area (Å²) in [6, 6.07) is 14.9. The molecule has 0 unspecified atom stereocenters. The quantitative estimate of drug-likeness (QED) is 0.390. The number of sulfonamides is 2. The van der Waals surface area contributed by atoms with Gasteiger partial charge in [-0.1, -0.05) is 31.2 Å². The van der Waals surface area contributed by atoms with E-state index in [1.165, 1.54) is 52.7 Å². The SMILES string of the molecule is C[C@H]1CN([C@@H](C)CO)C(=O)c2cc(NS(=O)(=O)c3ccccc3)ccc2O[C@@H]1CN(C)S(=O)(=O)c1cccs1. The lowest BCUT2D eigenvalue weighted by atomic mass is 9.99. The Morgan fingerprint density at radius 3 is 2.49 bits per heavy atom. The van der Waals surface area contributed by atoms with Crippen LogP contribution in [0.25, 0.3) is 0 Å². The van der Waals surface area contributed by atoms with Crippen molar-refractivity contribution in [2.45, 2.75) is 35.1 Å². The van der Waals surface area contributed by atoms with Gasteiger partial charge < -0.3 is 14.7 Å². The minimum atomic E-state index is -3.91. The van der Waals surface area contributed by atoms with Crippen LogP contribution in [0.15, 0.2) is 75.1 Å². The molecular weight excluding hydrogens is 563 g/mol. The Labute approximate surface area is 232 Å². The molecule has 10 nitrogen and oxygen atoms in total. The Bertz CT molecular complexity index is 1510. The molecule has 1 aromatic heterocycles. The van der Waals surface area contributed by atoms with Gasteiger partial charge in [0.1, 0.15) is 16.1 Å². The van der Waals surface area contributed by atoms with E-state index in [-0.39, 0.29) is 51.7 Å². The minimum absolute atomic E-state index is 0.0127. The molecule has 2 heterocycles. The zero-order valence-corrected chi connectivity index (χ0v) is 24.2. The number of fused-ring (bicyclic) bond motifs is 1. The Kier molecular flexibility index (Phi) is 8.66. The number of likely N-dealkylation sites (N-methyl/N-ethyl adjacent to an activating group) is 1. The van der Waals surface area contributed by atoms with E-state index in [9.17, 15) is 26.7 Å². The first-order chi connectivity index (χ1) is 18.4. The van der Waals surface area contributed by atoms with Crippen molar-refractivity contribution in [1.82, 2.24) is 9.21 Å². The molecule has 0 saturated heterocycles. The fourth-order valence-electron chi connectivity index (χ4n) is 4.23. The van der Waals surface area contributed by atoms with Crippen molar-refractivity contribution >= 4 is 43.0 Å². The Hall–Kier alpha value is -2.97. The van der Waals surface area contributed by atoms with Crippen molar-refractivity contribution in [3.05, 3.63) is 71.6 Å². The van der Waals surface area contributed by atoms with Crippen molar-refractivity contribution in [3.63, 3.8) is 0 Å². The van der Waals surface area contributed by atoms with E-state index in [1.807, 2.05) is 6.92 Å². The number of aliphatic hydroxyl groups excluding tert-OH is 1. The van der Waals surface area contributed by atoms with Gasteiger partial charge in [-0.3, -0.25) is 9.52 Å². The summed E-state index contributed by atoms with van der Waals surface area (Å²) in [6.45, 7) is 3.48. The lowest BCUT2D eigenvalue weighted by Crippen LogP contribution is -2.50. The van der Waals surface area contributed by atoms with Gasteiger partial charge in [0, 0.05) is 25.2 Å². The maximum atomic E-state index is 13.6. The van der Waals surface area contributed by atoms with Gasteiger partial charge in [0.2, 0.25) is 0 Å². The molecule has 0 fully saturated rings. The summed E-state index contributed by atoms with van der Waals surface area (Å²) >= 11 is 1.12. The number of hydrogen-bond donors (Lipinski definition) is 2. The number of ether oxygens (including phenoxy) is 1. The first kappa shape index (κ1) is 29.0. The van der Waals surface area contributed by atoms with Crippen LogP contribution in [0.2, 0.25) is 0 Å². The fraction of sp³-hybridized carbons (Fsp3) is 0.346. The second kappa shape index (κ2) is 11.6. The second-order valence-corrected chi connectivity index (χ2v) is 14.4. The highest BCUT2D eigenvalue weighted by Gasteiger charge is 2.35. The predicted molar refractivity (Wildman–Crippen MR) is 149 cm³/mol. The monoisotopic (exact) mass is 593 g/mol. The van der Waals surface area contributed by atoms with E-state index in [1.54, 1.807) is 36.6 Å². The Morgan fingerprint density at radius 1 is 1.13 bits per heavy atom. The average molecular weight is 594 g/mol. The summed E-state index contributed by atoms with van der Waals surface area (Å²) < 4.78 is 62.0. The van der Waals surface area contributed by atoms with E-state index in [4.69, 9.17) is 4.74 Å². The van der Waals surface area contributed by atoms with E-state index >= 15 is 0 Å². The van der Waals surface area contributed by atoms with Gasteiger partial charge in [0.25, 0.3) is 26.0 Å². The zero-order chi connectivity index (χ0) is 28.4. The lowest BCUT2D eigenvalue weighted by molar-refractivity contribution is 0.0387. The maximum Gasteiger partial charge on any atom is 0.261 e. The Balaban J connectivity index is 1.69. The van der Waals surface area contributed by atoms with Crippen LogP contribution in [0.4, 0.5) is 5.69 Å². The van der Waals surface area contributed by atoms with Crippen molar-refractivity contribution < 1.29 is 31.5 Å². The minimum Gasteiger partial charge on any atom is -0.488 e. The molecule has 1 aliphatic rings. The molecule has 0 spiro atoms. The molecular formula is C26H31N3O7S3. The summed E-state index contributed by atoms with van der Waals surface area (Å²) in [7, 11) is -6.17. The number of aliphatic hydroxyl groups is 1. The fourth-order valence-corrected chi connectivity index (χ4v) is 7.69. The highest BCUT2D eigenvalue weighted by molar-refractivity contribution is 7.92. The normalized spacial score (nSPS) is 19.1. The number of nitrogens with one attached hydrogen (secondary N) is 1. The van der Waals surface area contributed by atoms with Gasteiger partial charge in [-0.15, -0.1) is 11.3 Å². The number of hydrogen-bond acceptors (Lipinski definition) is 8. The van der Waals surface area contributed by atoms with Crippen LogP contribution >= 0.6 is 11.3 Å². The van der Waals surface area contributed by atoms with Gasteiger partial charge in [-0.2, -0.15) is 4.31 Å². The topological polar surface area (TPSA) is 133 Å². The van der Waals surface area contributed by atoms with Crippen LogP contribution in [0, 0.1) is 5.92 Å². The average Bonchev–Trinajstić information content (AvgIpc) is 3.47. The van der Waals surface area contributed by atoms with Crippen LogP contribution in [-0.4, -0.2) is 75.9 Å². The number of nitrogens with zero attached hydrogens (tertiary/aromatic N) is 2. The molecule has 39 heavy (non-hydrogen) atoms. The standard InChI is InChI=1S/C26H31N3O7S3/c1-18-15-29(19(2)17-30)26(31)22-14-20(27-38(32,33)21-8-5-4-6-9-21)11-12-23(22)36-24(18)16-28(3)39(34,35)25-10-7-13-37-25/h4-14,18-19,24,27,30H,15-17H2,1-3H3/t18-,19-,24+/m0/s1. The largest absolute Gasteiger partial charge is 0.488 e. The van der Waals surface area contributed by atoms with Gasteiger partial charge in [-0.05, 0) is 48.7 Å². The molecule has 4 rings (SSSR count). The molecule has 13 heteroatoms. The van der Waals surface area contributed by atoms with Gasteiger partial charge >= 0.3 is 0 Å². The third kappa shape index (κ3) is 6.28. The van der Waals surface area contributed by atoms with Gasteiger partial charge in [0.15, 0.2) is 0 Å². The third-order valence-corrected chi connectivity index (χ3v) is 11.2. The number of benzene rings is 2. The summed E-state index contributed by atoms with van der Waals surface area (Å²) in [4.78, 5) is 15.2. The summed E-state index contributed by atoms with van der Waals surface area (Å²) in [6.07, 6.45) is -0.642. The van der Waals surface area contributed by atoms with Crippen LogP contribution < -0.4 is 9.46 Å². The lowest BCUT2D eigenvalue weighted by Gasteiger charge is -2.38. The molecule has 0 aliphatic carbocycles. The molecule has 0 radical (unpaired) electrons. The molecule has 1 amide bonds. The van der Waals surface area contributed by atoms with E-state index in [0.29, 0.717) is 0 Å². The maximum absolute atomic E-state index is 13.6. The number of carbonyl (C=O) groups excluding carboxylic acids is 1. The van der Waals surface area contributed by atoms with Crippen molar-refractivity contribution in [2.75, 3.05) is 31.5 Å². The first-order valence-corrected chi connectivity index (χ1v) is 16.0. The molecule has 1 aliphatic heterocycles. The first-order valence-electron chi connectivity index (χ1n) is 12.2. The summed E-state index contributed by atoms with van der Waals surface area (Å²) in [5, 5.41) is 11.5. The molecule has 0 bridgehead atoms. The molecule has 0 saturated carbocycles. The summed E-state index contributed by atoms with van der Waals surface area (Å²) in [5.74, 6) is -0.540. The highest BCUT2D eigenvalue weighted by atomic mass is 32.2. The second-order valence-electron chi connectivity index (χ2n) is 9.47. The molecule has 2 aromatic carbocycles. The Morgan fingerprint density at radius 2 is 1.85 bits per heavy atom. The number of amides is 1. The number of thiophene rings is 1. The number of rotatable bonds is 9. The molecule has 210 valence electrons. The smallest absolute Gasteiger partial charge is 0.261 e. The number of anilines is 1. The van der Waals surface area contributed by atoms with Crippen LogP contribution in [-0.2, 0) is 20.0 Å². The van der Waals surface area contributed by atoms with Crippen molar-refractivity contribution in [2.24, 2.45) is 5.92 Å².